The summed E-state index contributed by atoms with van der Waals surface area (Å²) in [5.74, 6) is -0.150. The Labute approximate surface area is 201 Å². The second kappa shape index (κ2) is 10.2. The van der Waals surface area contributed by atoms with Gasteiger partial charge >= 0.3 is 6.18 Å². The smallest absolute Gasteiger partial charge is 0.416 e. The van der Waals surface area contributed by atoms with E-state index in [1.54, 1.807) is 24.3 Å². The number of carbonyl (C=O) groups is 1. The zero-order valence-corrected chi connectivity index (χ0v) is 18.7. The number of hydrogen-bond acceptors (Lipinski definition) is 9. The molecule has 0 aliphatic rings. The van der Waals surface area contributed by atoms with Crippen molar-refractivity contribution in [2.24, 2.45) is 5.10 Å². The van der Waals surface area contributed by atoms with Gasteiger partial charge in [-0.3, -0.25) is 4.79 Å². The Hall–Kier alpha value is -4.75. The topological polar surface area (TPSA) is 146 Å². The molecule has 4 rings (SSSR count). The molecule has 11 nitrogen and oxygen atoms in total. The zero-order chi connectivity index (χ0) is 25.7. The predicted molar refractivity (Wildman–Crippen MR) is 121 cm³/mol. The number of rotatable bonds is 8. The zero-order valence-electron chi connectivity index (χ0n) is 18.7. The SMILES string of the molecule is CCCOc1ccc(-c2c(C(=O)N/N=C\c3ccc(C(F)(F)F)cc3)nnn2-c2nonc2N)cc1. The van der Waals surface area contributed by atoms with Crippen molar-refractivity contribution in [3.63, 3.8) is 0 Å². The van der Waals surface area contributed by atoms with Crippen LogP contribution in [-0.4, -0.2) is 44.0 Å². The van der Waals surface area contributed by atoms with Gasteiger partial charge in [0.25, 0.3) is 5.91 Å². The molecule has 3 N–H and O–H groups in total. The van der Waals surface area contributed by atoms with Gasteiger partial charge in [0.1, 0.15) is 11.4 Å². The first kappa shape index (κ1) is 24.4. The number of anilines is 1. The summed E-state index contributed by atoms with van der Waals surface area (Å²) in [4.78, 5) is 12.9. The number of nitrogens with two attached hydrogens (primary N) is 1. The number of carbonyl (C=O) groups excluding carboxylic acids is 1. The van der Waals surface area contributed by atoms with E-state index in [2.05, 4.69) is 35.8 Å². The molecule has 0 atom stereocenters. The third-order valence-corrected chi connectivity index (χ3v) is 4.80. The van der Waals surface area contributed by atoms with Crippen LogP contribution in [0.5, 0.6) is 5.75 Å². The van der Waals surface area contributed by atoms with Gasteiger partial charge in [0.05, 0.1) is 18.4 Å². The molecule has 0 bridgehead atoms. The molecule has 0 radical (unpaired) electrons. The summed E-state index contributed by atoms with van der Waals surface area (Å²) in [6.07, 6.45) is -2.41. The largest absolute Gasteiger partial charge is 0.494 e. The molecule has 14 heteroatoms. The average molecular weight is 500 g/mol. The minimum atomic E-state index is -4.45. The van der Waals surface area contributed by atoms with Crippen molar-refractivity contribution < 1.29 is 27.3 Å². The van der Waals surface area contributed by atoms with Crippen LogP contribution in [0.3, 0.4) is 0 Å². The van der Waals surface area contributed by atoms with Crippen LogP contribution in [0.25, 0.3) is 17.1 Å². The molecule has 4 aromatic rings. The molecule has 2 aromatic carbocycles. The molecule has 0 unspecified atom stereocenters. The van der Waals surface area contributed by atoms with Gasteiger partial charge in [-0.2, -0.15) is 23.0 Å². The summed E-state index contributed by atoms with van der Waals surface area (Å²) < 4.78 is 49.6. The van der Waals surface area contributed by atoms with Gasteiger partial charge in [-0.15, -0.1) is 5.10 Å². The third kappa shape index (κ3) is 5.32. The molecule has 186 valence electrons. The molecule has 0 fully saturated rings. The van der Waals surface area contributed by atoms with Crippen LogP contribution in [-0.2, 0) is 6.18 Å². The molecule has 1 amide bonds. The predicted octanol–water partition coefficient (Wildman–Crippen LogP) is 3.47. The summed E-state index contributed by atoms with van der Waals surface area (Å²) in [5.41, 5.74) is 8.27. The monoisotopic (exact) mass is 500 g/mol. The lowest BCUT2D eigenvalue weighted by Crippen LogP contribution is -2.19. The average Bonchev–Trinajstić information content (AvgIpc) is 3.49. The molecule has 0 aliphatic heterocycles. The van der Waals surface area contributed by atoms with E-state index in [1.165, 1.54) is 23.0 Å². The fraction of sp³-hybridized carbons (Fsp3) is 0.182. The minimum absolute atomic E-state index is 0.0242. The number of benzene rings is 2. The van der Waals surface area contributed by atoms with Crippen LogP contribution in [0, 0.1) is 0 Å². The van der Waals surface area contributed by atoms with E-state index in [9.17, 15) is 18.0 Å². The number of hydrazone groups is 1. The van der Waals surface area contributed by atoms with Crippen molar-refractivity contribution in [3.05, 3.63) is 65.4 Å². The lowest BCUT2D eigenvalue weighted by Gasteiger charge is -2.08. The van der Waals surface area contributed by atoms with E-state index in [0.717, 1.165) is 18.6 Å². The summed E-state index contributed by atoms with van der Waals surface area (Å²) in [6.45, 7) is 2.53. The van der Waals surface area contributed by atoms with Gasteiger partial charge in [0, 0.05) is 5.56 Å². The molecular weight excluding hydrogens is 481 g/mol. The van der Waals surface area contributed by atoms with Gasteiger partial charge in [-0.1, -0.05) is 24.3 Å². The van der Waals surface area contributed by atoms with E-state index in [4.69, 9.17) is 10.5 Å². The van der Waals surface area contributed by atoms with Crippen LogP contribution in [0.2, 0.25) is 0 Å². The fourth-order valence-corrected chi connectivity index (χ4v) is 3.09. The molecule has 2 heterocycles. The highest BCUT2D eigenvalue weighted by Crippen LogP contribution is 2.29. The number of nitrogens with one attached hydrogen (secondary N) is 1. The highest BCUT2D eigenvalue weighted by Gasteiger charge is 2.30. The standard InChI is InChI=1S/C22H19F3N8O3/c1-2-11-35-16-9-5-14(6-10-16)18-17(28-32-33(18)20-19(26)30-36-31-20)21(34)29-27-12-13-3-7-15(8-4-13)22(23,24)25/h3-10,12H,2,11H2,1H3,(H2,26,30)(H,29,34)/b27-12-. The van der Waals surface area contributed by atoms with Crippen molar-refractivity contribution >= 4 is 17.9 Å². The van der Waals surface area contributed by atoms with E-state index in [-0.39, 0.29) is 23.0 Å². The molecule has 0 aliphatic carbocycles. The Morgan fingerprint density at radius 1 is 1.17 bits per heavy atom. The maximum Gasteiger partial charge on any atom is 0.416 e. The molecule has 0 saturated carbocycles. The molecule has 36 heavy (non-hydrogen) atoms. The number of hydrogen-bond donors (Lipinski definition) is 2. The first-order valence-corrected chi connectivity index (χ1v) is 10.6. The number of aromatic nitrogens is 5. The van der Waals surface area contributed by atoms with Crippen LogP contribution >= 0.6 is 0 Å². The highest BCUT2D eigenvalue weighted by atomic mass is 19.4. The second-order valence-corrected chi connectivity index (χ2v) is 7.36. The maximum absolute atomic E-state index is 12.9. The summed E-state index contributed by atoms with van der Waals surface area (Å²) in [6, 6.07) is 11.1. The number of halogens is 3. The molecule has 0 spiro atoms. The first-order valence-electron chi connectivity index (χ1n) is 10.6. The van der Waals surface area contributed by atoms with Gasteiger partial charge < -0.3 is 10.5 Å². The molecule has 0 saturated heterocycles. The van der Waals surface area contributed by atoms with Crippen molar-refractivity contribution in [2.45, 2.75) is 19.5 Å². The van der Waals surface area contributed by atoms with Crippen molar-refractivity contribution in [1.29, 1.82) is 0 Å². The fourth-order valence-electron chi connectivity index (χ4n) is 3.09. The quantitative estimate of drug-likeness (QED) is 0.276. The summed E-state index contributed by atoms with van der Waals surface area (Å²) in [5, 5.41) is 18.9. The summed E-state index contributed by atoms with van der Waals surface area (Å²) in [7, 11) is 0. The third-order valence-electron chi connectivity index (χ3n) is 4.80. The second-order valence-electron chi connectivity index (χ2n) is 7.36. The number of nitrogens with zero attached hydrogens (tertiary/aromatic N) is 6. The van der Waals surface area contributed by atoms with E-state index < -0.39 is 17.6 Å². The number of amides is 1. The molecular formula is C22H19F3N8O3. The van der Waals surface area contributed by atoms with Gasteiger partial charge in [-0.25, -0.2) is 10.1 Å². The molecule has 2 aromatic heterocycles. The Morgan fingerprint density at radius 2 is 1.89 bits per heavy atom. The Kier molecular flexibility index (Phi) is 6.94. The van der Waals surface area contributed by atoms with E-state index >= 15 is 0 Å². The summed E-state index contributed by atoms with van der Waals surface area (Å²) >= 11 is 0. The van der Waals surface area contributed by atoms with E-state index in [0.29, 0.717) is 23.5 Å². The Bertz CT molecular complexity index is 1360. The van der Waals surface area contributed by atoms with Crippen molar-refractivity contribution in [3.8, 4) is 22.8 Å². The highest BCUT2D eigenvalue weighted by molar-refractivity contribution is 5.98. The van der Waals surface area contributed by atoms with Crippen LogP contribution < -0.4 is 15.9 Å². The van der Waals surface area contributed by atoms with Gasteiger partial charge in [0.15, 0.2) is 5.69 Å². The Morgan fingerprint density at radius 3 is 2.50 bits per heavy atom. The number of ether oxygens (including phenoxy) is 1. The van der Waals surface area contributed by atoms with Crippen molar-refractivity contribution in [1.82, 2.24) is 30.7 Å². The van der Waals surface area contributed by atoms with Crippen LogP contribution in [0.15, 0.2) is 58.3 Å². The lowest BCUT2D eigenvalue weighted by molar-refractivity contribution is -0.137. The van der Waals surface area contributed by atoms with Gasteiger partial charge in [-0.05, 0) is 58.7 Å². The van der Waals surface area contributed by atoms with Gasteiger partial charge in [0.2, 0.25) is 11.6 Å². The lowest BCUT2D eigenvalue weighted by atomic mass is 10.1. The maximum atomic E-state index is 12.9. The van der Waals surface area contributed by atoms with Crippen molar-refractivity contribution in [2.75, 3.05) is 12.3 Å². The van der Waals surface area contributed by atoms with Crippen LogP contribution in [0.1, 0.15) is 35.0 Å². The normalized spacial score (nSPS) is 11.7. The van der Waals surface area contributed by atoms with Crippen LogP contribution in [0.4, 0.5) is 19.0 Å². The van der Waals surface area contributed by atoms with E-state index in [1.807, 2.05) is 6.92 Å². The first-order chi connectivity index (χ1) is 17.3. The Balaban J connectivity index is 1.60. The number of nitrogen functional groups attached to an aromatic ring is 1. The minimum Gasteiger partial charge on any atom is -0.494 e. The number of alkyl halides is 3.